The van der Waals surface area contributed by atoms with E-state index in [1.165, 1.54) is 4.88 Å². The smallest absolute Gasteiger partial charge is 0.0519 e. The van der Waals surface area contributed by atoms with Crippen LogP contribution in [0, 0.1) is 0 Å². The molecule has 0 spiro atoms. The lowest BCUT2D eigenvalue weighted by Gasteiger charge is -2.20. The molecule has 0 aliphatic rings. The first-order valence-electron chi connectivity index (χ1n) is 6.87. The van der Waals surface area contributed by atoms with Gasteiger partial charge in [0.25, 0.3) is 0 Å². The zero-order chi connectivity index (χ0) is 14.5. The van der Waals surface area contributed by atoms with Crippen LogP contribution in [-0.2, 0) is 13.0 Å². The van der Waals surface area contributed by atoms with Gasteiger partial charge in [-0.3, -0.25) is 0 Å². The number of benzene rings is 1. The van der Waals surface area contributed by atoms with Crippen LogP contribution in [-0.4, -0.2) is 13.1 Å². The number of nitrogens with zero attached hydrogens (tertiary/aromatic N) is 1. The fourth-order valence-corrected chi connectivity index (χ4v) is 3.10. The molecule has 1 aromatic heterocycles. The van der Waals surface area contributed by atoms with Crippen LogP contribution in [0.1, 0.15) is 23.8 Å². The van der Waals surface area contributed by atoms with Gasteiger partial charge in [0.2, 0.25) is 0 Å². The lowest BCUT2D eigenvalue weighted by atomic mass is 10.0. The first-order valence-corrected chi connectivity index (χ1v) is 8.13. The van der Waals surface area contributed by atoms with Crippen molar-refractivity contribution in [2.75, 3.05) is 11.9 Å². The van der Waals surface area contributed by atoms with E-state index in [9.17, 15) is 0 Å². The summed E-state index contributed by atoms with van der Waals surface area (Å²) >= 11 is 8.15. The molecule has 2 rings (SSSR count). The highest BCUT2D eigenvalue weighted by Gasteiger charge is 2.09. The first-order chi connectivity index (χ1) is 9.60. The molecule has 0 aliphatic carbocycles. The molecule has 0 bridgehead atoms. The molecular weight excluding hydrogens is 288 g/mol. The van der Waals surface area contributed by atoms with Crippen molar-refractivity contribution in [1.29, 1.82) is 0 Å². The molecule has 1 heterocycles. The first kappa shape index (κ1) is 15.4. The Kier molecular flexibility index (Phi) is 5.46. The Balaban J connectivity index is 2.08. The van der Waals surface area contributed by atoms with Crippen molar-refractivity contribution in [1.82, 2.24) is 0 Å². The predicted octanol–water partition coefficient (Wildman–Crippen LogP) is 4.32. The van der Waals surface area contributed by atoms with Gasteiger partial charge in [-0.2, -0.15) is 0 Å². The summed E-state index contributed by atoms with van der Waals surface area (Å²) in [5.74, 6) is 0. The number of hydrogen-bond acceptors (Lipinski definition) is 3. The highest BCUT2D eigenvalue weighted by Crippen LogP contribution is 2.25. The van der Waals surface area contributed by atoms with Gasteiger partial charge in [0.15, 0.2) is 0 Å². The van der Waals surface area contributed by atoms with Crippen molar-refractivity contribution in [3.05, 3.63) is 51.2 Å². The Bertz CT molecular complexity index is 539. The lowest BCUT2D eigenvalue weighted by molar-refractivity contribution is 0.646. The standard InChI is InChI=1S/C16H21ClN2S/c1-3-13(18)9-12-6-7-14(10-16(12)17)19(2)11-15-5-4-8-20-15/h4-8,10,13H,3,9,11,18H2,1-2H3. The summed E-state index contributed by atoms with van der Waals surface area (Å²) in [6, 6.07) is 10.7. The average Bonchev–Trinajstić information content (AvgIpc) is 2.93. The summed E-state index contributed by atoms with van der Waals surface area (Å²) in [5.41, 5.74) is 8.26. The second kappa shape index (κ2) is 7.11. The van der Waals surface area contributed by atoms with Crippen LogP contribution in [0.5, 0.6) is 0 Å². The Morgan fingerprint density at radius 3 is 2.75 bits per heavy atom. The Labute approximate surface area is 130 Å². The third-order valence-corrected chi connectivity index (χ3v) is 4.67. The summed E-state index contributed by atoms with van der Waals surface area (Å²) in [5, 5.41) is 2.91. The Morgan fingerprint density at radius 1 is 1.35 bits per heavy atom. The van der Waals surface area contributed by atoms with E-state index in [2.05, 4.69) is 48.5 Å². The molecule has 2 nitrogen and oxygen atoms in total. The van der Waals surface area contributed by atoms with Crippen molar-refractivity contribution in [2.24, 2.45) is 5.73 Å². The van der Waals surface area contributed by atoms with Gasteiger partial charge in [0, 0.05) is 28.7 Å². The van der Waals surface area contributed by atoms with Gasteiger partial charge in [-0.05, 0) is 42.0 Å². The molecule has 0 amide bonds. The van der Waals surface area contributed by atoms with E-state index in [0.29, 0.717) is 0 Å². The molecule has 0 fully saturated rings. The van der Waals surface area contributed by atoms with E-state index >= 15 is 0 Å². The number of halogens is 1. The van der Waals surface area contributed by atoms with E-state index in [1.807, 2.05) is 6.07 Å². The highest BCUT2D eigenvalue weighted by atomic mass is 35.5. The summed E-state index contributed by atoms with van der Waals surface area (Å²) in [6.07, 6.45) is 1.81. The van der Waals surface area contributed by atoms with Gasteiger partial charge < -0.3 is 10.6 Å². The van der Waals surface area contributed by atoms with Gasteiger partial charge >= 0.3 is 0 Å². The average molecular weight is 309 g/mol. The van der Waals surface area contributed by atoms with E-state index in [1.54, 1.807) is 11.3 Å². The zero-order valence-corrected chi connectivity index (χ0v) is 13.5. The van der Waals surface area contributed by atoms with Crippen LogP contribution in [0.25, 0.3) is 0 Å². The second-order valence-corrected chi connectivity index (χ2v) is 6.52. The van der Waals surface area contributed by atoms with Crippen LogP contribution in [0.4, 0.5) is 5.69 Å². The monoisotopic (exact) mass is 308 g/mol. The third-order valence-electron chi connectivity index (χ3n) is 3.46. The summed E-state index contributed by atoms with van der Waals surface area (Å²) in [6.45, 7) is 3.00. The molecular formula is C16H21ClN2S. The quantitative estimate of drug-likeness (QED) is 0.861. The predicted molar refractivity (Wildman–Crippen MR) is 89.8 cm³/mol. The summed E-state index contributed by atoms with van der Waals surface area (Å²) < 4.78 is 0. The van der Waals surface area contributed by atoms with Gasteiger partial charge in [0.05, 0.1) is 6.54 Å². The molecule has 2 aromatic rings. The van der Waals surface area contributed by atoms with Gasteiger partial charge in [-0.1, -0.05) is 30.7 Å². The lowest BCUT2D eigenvalue weighted by Crippen LogP contribution is -2.21. The van der Waals surface area contributed by atoms with E-state index in [4.69, 9.17) is 17.3 Å². The van der Waals surface area contributed by atoms with Crippen LogP contribution >= 0.6 is 22.9 Å². The molecule has 0 saturated carbocycles. The van der Waals surface area contributed by atoms with Crippen molar-refractivity contribution in [3.63, 3.8) is 0 Å². The van der Waals surface area contributed by atoms with E-state index < -0.39 is 0 Å². The molecule has 1 atom stereocenters. The number of thiophene rings is 1. The molecule has 108 valence electrons. The highest BCUT2D eigenvalue weighted by molar-refractivity contribution is 7.09. The number of hydrogen-bond donors (Lipinski definition) is 1. The molecule has 1 unspecified atom stereocenters. The minimum atomic E-state index is 0.183. The van der Waals surface area contributed by atoms with Crippen molar-refractivity contribution in [2.45, 2.75) is 32.4 Å². The van der Waals surface area contributed by atoms with Gasteiger partial charge in [-0.25, -0.2) is 0 Å². The fourth-order valence-electron chi connectivity index (χ4n) is 2.09. The van der Waals surface area contributed by atoms with Gasteiger partial charge in [-0.15, -0.1) is 11.3 Å². The van der Waals surface area contributed by atoms with Crippen molar-refractivity contribution < 1.29 is 0 Å². The normalized spacial score (nSPS) is 12.4. The van der Waals surface area contributed by atoms with Crippen LogP contribution < -0.4 is 10.6 Å². The maximum absolute atomic E-state index is 6.38. The van der Waals surface area contributed by atoms with Crippen molar-refractivity contribution >= 4 is 28.6 Å². The minimum Gasteiger partial charge on any atom is -0.369 e. The Hall–Kier alpha value is -1.03. The van der Waals surface area contributed by atoms with Gasteiger partial charge in [0.1, 0.15) is 0 Å². The molecule has 0 aliphatic heterocycles. The molecule has 20 heavy (non-hydrogen) atoms. The molecule has 1 aromatic carbocycles. The molecule has 0 radical (unpaired) electrons. The fraction of sp³-hybridized carbons (Fsp3) is 0.375. The topological polar surface area (TPSA) is 29.3 Å². The second-order valence-electron chi connectivity index (χ2n) is 5.08. The number of rotatable bonds is 6. The van der Waals surface area contributed by atoms with Crippen molar-refractivity contribution in [3.8, 4) is 0 Å². The SMILES string of the molecule is CCC(N)Cc1ccc(N(C)Cc2cccs2)cc1Cl. The summed E-state index contributed by atoms with van der Waals surface area (Å²) in [7, 11) is 2.09. The Morgan fingerprint density at radius 2 is 2.15 bits per heavy atom. The van der Waals surface area contributed by atoms with Crippen LogP contribution in [0.15, 0.2) is 35.7 Å². The number of nitrogens with two attached hydrogens (primary N) is 1. The minimum absolute atomic E-state index is 0.183. The van der Waals surface area contributed by atoms with E-state index in [-0.39, 0.29) is 6.04 Å². The van der Waals surface area contributed by atoms with Crippen LogP contribution in [0.3, 0.4) is 0 Å². The largest absolute Gasteiger partial charge is 0.369 e. The zero-order valence-electron chi connectivity index (χ0n) is 12.0. The maximum Gasteiger partial charge on any atom is 0.0519 e. The number of anilines is 1. The molecule has 2 N–H and O–H groups in total. The third kappa shape index (κ3) is 3.98. The van der Waals surface area contributed by atoms with E-state index in [0.717, 1.165) is 35.7 Å². The van der Waals surface area contributed by atoms with Crippen LogP contribution in [0.2, 0.25) is 5.02 Å². The summed E-state index contributed by atoms with van der Waals surface area (Å²) in [4.78, 5) is 3.56. The molecule has 4 heteroatoms. The molecule has 0 saturated heterocycles. The maximum atomic E-state index is 6.38.